The first-order valence-corrected chi connectivity index (χ1v) is 6.90. The fourth-order valence-electron chi connectivity index (χ4n) is 2.22. The molecule has 0 aliphatic heterocycles. The Morgan fingerprint density at radius 3 is 2.76 bits per heavy atom. The third-order valence-corrected chi connectivity index (χ3v) is 3.20. The van der Waals surface area contributed by atoms with Crippen LogP contribution in [0, 0.1) is 6.92 Å². The number of nitrogens with one attached hydrogen (secondary N) is 1. The van der Waals surface area contributed by atoms with Gasteiger partial charge in [-0.2, -0.15) is 5.10 Å². The summed E-state index contributed by atoms with van der Waals surface area (Å²) in [6.45, 7) is 3.38. The van der Waals surface area contributed by atoms with Gasteiger partial charge in [0, 0.05) is 31.7 Å². The van der Waals surface area contributed by atoms with E-state index in [0.717, 1.165) is 30.3 Å². The first kappa shape index (κ1) is 13.5. The second kappa shape index (κ2) is 6.28. The molecule has 2 heterocycles. The van der Waals surface area contributed by atoms with Crippen molar-refractivity contribution >= 4 is 0 Å². The van der Waals surface area contributed by atoms with E-state index in [1.165, 1.54) is 5.56 Å². The lowest BCUT2D eigenvalue weighted by Crippen LogP contribution is -2.15. The van der Waals surface area contributed by atoms with Crippen molar-refractivity contribution in [3.05, 3.63) is 72.1 Å². The van der Waals surface area contributed by atoms with Crippen molar-refractivity contribution in [1.82, 2.24) is 25.1 Å². The third-order valence-electron chi connectivity index (χ3n) is 3.20. The fourth-order valence-corrected chi connectivity index (χ4v) is 2.22. The molecule has 3 rings (SSSR count). The van der Waals surface area contributed by atoms with Crippen LogP contribution in [0.2, 0.25) is 0 Å². The molecule has 0 radical (unpaired) electrons. The summed E-state index contributed by atoms with van der Waals surface area (Å²) in [6.07, 6.45) is 5.53. The molecule has 1 N–H and O–H groups in total. The standard InChI is InChI=1S/C16H17N5/c1-13-18-9-7-15(20-13)12-17-11-14-5-2-3-6-16(14)21-10-4-8-19-21/h2-10,17H,11-12H2,1H3. The van der Waals surface area contributed by atoms with E-state index in [4.69, 9.17) is 0 Å². The number of nitrogens with zero attached hydrogens (tertiary/aromatic N) is 4. The van der Waals surface area contributed by atoms with E-state index in [-0.39, 0.29) is 0 Å². The van der Waals surface area contributed by atoms with Gasteiger partial charge in [-0.05, 0) is 30.7 Å². The van der Waals surface area contributed by atoms with E-state index < -0.39 is 0 Å². The van der Waals surface area contributed by atoms with E-state index >= 15 is 0 Å². The van der Waals surface area contributed by atoms with Gasteiger partial charge in [0.1, 0.15) is 5.82 Å². The molecule has 5 heteroatoms. The highest BCUT2D eigenvalue weighted by Gasteiger charge is 2.04. The minimum atomic E-state index is 0.719. The minimum absolute atomic E-state index is 0.719. The van der Waals surface area contributed by atoms with Crippen LogP contribution in [0.15, 0.2) is 55.0 Å². The fraction of sp³-hybridized carbons (Fsp3) is 0.188. The van der Waals surface area contributed by atoms with Gasteiger partial charge in [0.15, 0.2) is 0 Å². The summed E-state index contributed by atoms with van der Waals surface area (Å²) < 4.78 is 1.88. The Bertz CT molecular complexity index is 706. The summed E-state index contributed by atoms with van der Waals surface area (Å²) in [5, 5.41) is 7.71. The first-order valence-electron chi connectivity index (χ1n) is 6.90. The Kier molecular flexibility index (Phi) is 4.02. The summed E-state index contributed by atoms with van der Waals surface area (Å²) in [5.74, 6) is 0.797. The highest BCUT2D eigenvalue weighted by Crippen LogP contribution is 2.13. The van der Waals surface area contributed by atoms with Crippen LogP contribution in [0.4, 0.5) is 0 Å². The molecule has 0 fully saturated rings. The van der Waals surface area contributed by atoms with Crippen LogP contribution in [0.5, 0.6) is 0 Å². The predicted molar refractivity (Wildman–Crippen MR) is 80.9 cm³/mol. The highest BCUT2D eigenvalue weighted by atomic mass is 15.3. The zero-order valence-electron chi connectivity index (χ0n) is 11.9. The topological polar surface area (TPSA) is 55.6 Å². The molecule has 0 saturated heterocycles. The highest BCUT2D eigenvalue weighted by molar-refractivity contribution is 5.40. The Balaban J connectivity index is 1.69. The van der Waals surface area contributed by atoms with Gasteiger partial charge in [-0.15, -0.1) is 0 Å². The van der Waals surface area contributed by atoms with Crippen LogP contribution >= 0.6 is 0 Å². The lowest BCUT2D eigenvalue weighted by atomic mass is 10.1. The average molecular weight is 279 g/mol. The number of hydrogen-bond donors (Lipinski definition) is 1. The molecule has 0 aliphatic carbocycles. The van der Waals surface area contributed by atoms with E-state index in [1.807, 2.05) is 42.1 Å². The van der Waals surface area contributed by atoms with E-state index in [2.05, 4.69) is 32.5 Å². The molecule has 3 aromatic rings. The predicted octanol–water partition coefficient (Wildman–Crippen LogP) is 2.26. The Morgan fingerprint density at radius 1 is 1.05 bits per heavy atom. The van der Waals surface area contributed by atoms with Gasteiger partial charge in [0.05, 0.1) is 11.4 Å². The van der Waals surface area contributed by atoms with Crippen LogP contribution in [0.25, 0.3) is 5.69 Å². The zero-order valence-corrected chi connectivity index (χ0v) is 11.9. The monoisotopic (exact) mass is 279 g/mol. The number of para-hydroxylation sites is 1. The second-order valence-corrected chi connectivity index (χ2v) is 4.78. The van der Waals surface area contributed by atoms with Crippen molar-refractivity contribution in [2.24, 2.45) is 0 Å². The normalized spacial score (nSPS) is 10.7. The lowest BCUT2D eigenvalue weighted by Gasteiger charge is -2.10. The van der Waals surface area contributed by atoms with Gasteiger partial charge in [-0.1, -0.05) is 18.2 Å². The summed E-state index contributed by atoms with van der Waals surface area (Å²) in [6, 6.07) is 12.1. The van der Waals surface area contributed by atoms with Crippen LogP contribution in [-0.4, -0.2) is 19.7 Å². The Morgan fingerprint density at radius 2 is 1.95 bits per heavy atom. The number of aromatic nitrogens is 4. The molecule has 0 spiro atoms. The van der Waals surface area contributed by atoms with Gasteiger partial charge < -0.3 is 5.32 Å². The van der Waals surface area contributed by atoms with E-state index in [9.17, 15) is 0 Å². The number of rotatable bonds is 5. The summed E-state index contributed by atoms with van der Waals surface area (Å²) in [4.78, 5) is 8.49. The zero-order chi connectivity index (χ0) is 14.5. The van der Waals surface area contributed by atoms with Crippen molar-refractivity contribution < 1.29 is 0 Å². The molecule has 0 amide bonds. The number of benzene rings is 1. The molecule has 106 valence electrons. The summed E-state index contributed by atoms with van der Waals surface area (Å²) >= 11 is 0. The van der Waals surface area contributed by atoms with Crippen LogP contribution in [-0.2, 0) is 13.1 Å². The lowest BCUT2D eigenvalue weighted by molar-refractivity contribution is 0.669. The Labute approximate surface area is 123 Å². The van der Waals surface area contributed by atoms with Crippen molar-refractivity contribution in [2.45, 2.75) is 20.0 Å². The summed E-state index contributed by atoms with van der Waals surface area (Å²) in [5.41, 5.74) is 3.29. The molecular weight excluding hydrogens is 262 g/mol. The van der Waals surface area contributed by atoms with Crippen LogP contribution in [0.1, 0.15) is 17.1 Å². The van der Waals surface area contributed by atoms with Gasteiger partial charge in [0.2, 0.25) is 0 Å². The van der Waals surface area contributed by atoms with E-state index in [1.54, 1.807) is 12.4 Å². The van der Waals surface area contributed by atoms with E-state index in [0.29, 0.717) is 0 Å². The van der Waals surface area contributed by atoms with Crippen molar-refractivity contribution in [1.29, 1.82) is 0 Å². The quantitative estimate of drug-likeness (QED) is 0.778. The third kappa shape index (κ3) is 3.32. The number of hydrogen-bond acceptors (Lipinski definition) is 4. The maximum atomic E-state index is 4.39. The van der Waals surface area contributed by atoms with Gasteiger partial charge in [-0.25, -0.2) is 14.6 Å². The summed E-state index contributed by atoms with van der Waals surface area (Å²) in [7, 11) is 0. The van der Waals surface area contributed by atoms with Crippen molar-refractivity contribution in [3.63, 3.8) is 0 Å². The molecule has 0 unspecified atom stereocenters. The number of aryl methyl sites for hydroxylation is 1. The largest absolute Gasteiger partial charge is 0.307 e. The maximum Gasteiger partial charge on any atom is 0.125 e. The molecule has 0 bridgehead atoms. The molecule has 2 aromatic heterocycles. The molecule has 5 nitrogen and oxygen atoms in total. The molecule has 0 saturated carbocycles. The van der Waals surface area contributed by atoms with Gasteiger partial charge in [0.25, 0.3) is 0 Å². The molecule has 0 aliphatic rings. The molecule has 0 atom stereocenters. The second-order valence-electron chi connectivity index (χ2n) is 4.78. The molecule has 21 heavy (non-hydrogen) atoms. The minimum Gasteiger partial charge on any atom is -0.307 e. The van der Waals surface area contributed by atoms with Crippen LogP contribution < -0.4 is 5.32 Å². The molecular formula is C16H17N5. The average Bonchev–Trinajstić information content (AvgIpc) is 3.02. The first-order chi connectivity index (χ1) is 10.3. The SMILES string of the molecule is Cc1nccc(CNCc2ccccc2-n2cccn2)n1. The van der Waals surface area contributed by atoms with Crippen molar-refractivity contribution in [3.8, 4) is 5.69 Å². The van der Waals surface area contributed by atoms with Gasteiger partial charge >= 0.3 is 0 Å². The van der Waals surface area contributed by atoms with Crippen LogP contribution in [0.3, 0.4) is 0 Å². The van der Waals surface area contributed by atoms with Crippen molar-refractivity contribution in [2.75, 3.05) is 0 Å². The van der Waals surface area contributed by atoms with Gasteiger partial charge in [-0.3, -0.25) is 0 Å². The smallest absolute Gasteiger partial charge is 0.125 e. The molecule has 1 aromatic carbocycles. The Hall–Kier alpha value is -2.53. The maximum absolute atomic E-state index is 4.39.